The molecule has 3 rings (SSSR count). The lowest BCUT2D eigenvalue weighted by Gasteiger charge is -2.28. The highest BCUT2D eigenvalue weighted by Gasteiger charge is 2.14. The van der Waals surface area contributed by atoms with Crippen molar-refractivity contribution in [3.05, 3.63) is 71.3 Å². The zero-order valence-electron chi connectivity index (χ0n) is 12.8. The number of fused-ring (bicyclic) bond motifs is 1. The molecule has 0 atom stereocenters. The van der Waals surface area contributed by atoms with Gasteiger partial charge in [-0.1, -0.05) is 42.5 Å². The van der Waals surface area contributed by atoms with E-state index in [1.165, 1.54) is 11.1 Å². The van der Waals surface area contributed by atoms with Gasteiger partial charge in [-0.15, -0.1) is 0 Å². The van der Waals surface area contributed by atoms with Crippen LogP contribution in [-0.2, 0) is 13.0 Å². The number of nitrogens with zero attached hydrogens (tertiary/aromatic N) is 1. The molecule has 0 aromatic heterocycles. The number of rotatable bonds is 5. The number of hydrogen-bond acceptors (Lipinski definition) is 2. The second-order valence-corrected chi connectivity index (χ2v) is 5.77. The Morgan fingerprint density at radius 3 is 2.55 bits per heavy atom. The van der Waals surface area contributed by atoms with E-state index in [9.17, 15) is 4.79 Å². The van der Waals surface area contributed by atoms with Crippen molar-refractivity contribution in [1.29, 1.82) is 0 Å². The molecular weight excluding hydrogens is 272 g/mol. The minimum absolute atomic E-state index is 0.0181. The lowest BCUT2D eigenvalue weighted by Crippen LogP contribution is -2.33. The number of carbonyl (C=O) groups is 1. The van der Waals surface area contributed by atoms with Gasteiger partial charge in [0.1, 0.15) is 0 Å². The molecule has 1 heterocycles. The maximum atomic E-state index is 11.9. The molecule has 0 aliphatic carbocycles. The molecule has 3 heteroatoms. The van der Waals surface area contributed by atoms with Gasteiger partial charge in [-0.25, -0.2) is 0 Å². The Morgan fingerprint density at radius 2 is 1.73 bits per heavy atom. The molecule has 0 saturated carbocycles. The molecule has 2 aromatic rings. The van der Waals surface area contributed by atoms with Crippen LogP contribution >= 0.6 is 0 Å². The standard InChI is InChI=1S/C19H22N2O/c22-19(17-8-2-1-3-9-17)20-12-6-13-21-14-11-16-7-4-5-10-18(16)15-21/h1-5,7-10H,6,11-15H2,(H,20,22). The van der Waals surface area contributed by atoms with Crippen LogP contribution in [0.25, 0.3) is 0 Å². The van der Waals surface area contributed by atoms with Crippen LogP contribution in [-0.4, -0.2) is 30.4 Å². The second-order valence-electron chi connectivity index (χ2n) is 5.77. The first-order chi connectivity index (χ1) is 10.8. The van der Waals surface area contributed by atoms with Gasteiger partial charge in [0.25, 0.3) is 5.91 Å². The van der Waals surface area contributed by atoms with Crippen molar-refractivity contribution in [3.63, 3.8) is 0 Å². The maximum absolute atomic E-state index is 11.9. The summed E-state index contributed by atoms with van der Waals surface area (Å²) in [5.41, 5.74) is 3.66. The molecule has 0 radical (unpaired) electrons. The molecule has 1 amide bonds. The minimum atomic E-state index is 0.0181. The molecule has 114 valence electrons. The average Bonchev–Trinajstić information content (AvgIpc) is 2.59. The quantitative estimate of drug-likeness (QED) is 0.860. The molecule has 1 aliphatic heterocycles. The summed E-state index contributed by atoms with van der Waals surface area (Å²) in [6, 6.07) is 18.1. The summed E-state index contributed by atoms with van der Waals surface area (Å²) in [4.78, 5) is 14.4. The molecule has 1 aliphatic rings. The van der Waals surface area contributed by atoms with Crippen molar-refractivity contribution in [2.75, 3.05) is 19.6 Å². The summed E-state index contributed by atoms with van der Waals surface area (Å²) in [7, 11) is 0. The van der Waals surface area contributed by atoms with E-state index in [0.29, 0.717) is 0 Å². The van der Waals surface area contributed by atoms with Crippen molar-refractivity contribution >= 4 is 5.91 Å². The molecule has 0 spiro atoms. The zero-order valence-corrected chi connectivity index (χ0v) is 12.8. The monoisotopic (exact) mass is 294 g/mol. The fourth-order valence-corrected chi connectivity index (χ4v) is 2.94. The highest BCUT2D eigenvalue weighted by Crippen LogP contribution is 2.18. The summed E-state index contributed by atoms with van der Waals surface area (Å²) in [6.07, 6.45) is 2.12. The van der Waals surface area contributed by atoms with Crippen LogP contribution in [0.1, 0.15) is 27.9 Å². The Balaban J connectivity index is 1.40. The van der Waals surface area contributed by atoms with Gasteiger partial charge in [0.05, 0.1) is 0 Å². The lowest BCUT2D eigenvalue weighted by molar-refractivity contribution is 0.0951. The highest BCUT2D eigenvalue weighted by molar-refractivity contribution is 5.94. The number of hydrogen-bond donors (Lipinski definition) is 1. The van der Waals surface area contributed by atoms with Gasteiger partial charge in [-0.3, -0.25) is 9.69 Å². The maximum Gasteiger partial charge on any atom is 0.251 e. The van der Waals surface area contributed by atoms with Crippen molar-refractivity contribution in [3.8, 4) is 0 Å². The number of carbonyl (C=O) groups excluding carboxylic acids is 1. The van der Waals surface area contributed by atoms with E-state index in [4.69, 9.17) is 0 Å². The zero-order chi connectivity index (χ0) is 15.2. The van der Waals surface area contributed by atoms with Crippen LogP contribution in [0.2, 0.25) is 0 Å². The first kappa shape index (κ1) is 14.8. The molecule has 2 aromatic carbocycles. The van der Waals surface area contributed by atoms with Crippen LogP contribution in [0.15, 0.2) is 54.6 Å². The Bertz CT molecular complexity index is 624. The van der Waals surface area contributed by atoms with Gasteiger partial charge in [-0.2, -0.15) is 0 Å². The second kappa shape index (κ2) is 7.23. The first-order valence-electron chi connectivity index (χ1n) is 7.95. The molecule has 0 bridgehead atoms. The topological polar surface area (TPSA) is 32.3 Å². The third-order valence-corrected chi connectivity index (χ3v) is 4.18. The fraction of sp³-hybridized carbons (Fsp3) is 0.316. The van der Waals surface area contributed by atoms with Gasteiger partial charge >= 0.3 is 0 Å². The molecular formula is C19H22N2O. The SMILES string of the molecule is O=C(NCCCN1CCc2ccccc2C1)c1ccccc1. The van der Waals surface area contributed by atoms with Crippen LogP contribution in [0, 0.1) is 0 Å². The number of benzene rings is 2. The van der Waals surface area contributed by atoms with Crippen LogP contribution < -0.4 is 5.32 Å². The third-order valence-electron chi connectivity index (χ3n) is 4.18. The summed E-state index contributed by atoms with van der Waals surface area (Å²) >= 11 is 0. The average molecular weight is 294 g/mol. The molecule has 0 unspecified atom stereocenters. The van der Waals surface area contributed by atoms with Gasteiger partial charge in [0, 0.05) is 31.7 Å². The molecule has 1 N–H and O–H groups in total. The Morgan fingerprint density at radius 1 is 1.00 bits per heavy atom. The lowest BCUT2D eigenvalue weighted by atomic mass is 10.00. The molecule has 3 nitrogen and oxygen atoms in total. The fourth-order valence-electron chi connectivity index (χ4n) is 2.94. The van der Waals surface area contributed by atoms with Crippen LogP contribution in [0.4, 0.5) is 0 Å². The smallest absolute Gasteiger partial charge is 0.251 e. The number of amides is 1. The summed E-state index contributed by atoms with van der Waals surface area (Å²) in [5.74, 6) is 0.0181. The highest BCUT2D eigenvalue weighted by atomic mass is 16.1. The van der Waals surface area contributed by atoms with E-state index in [2.05, 4.69) is 34.5 Å². The van der Waals surface area contributed by atoms with E-state index in [1.54, 1.807) is 0 Å². The van der Waals surface area contributed by atoms with E-state index >= 15 is 0 Å². The summed E-state index contributed by atoms with van der Waals surface area (Å²) in [5, 5.41) is 2.99. The minimum Gasteiger partial charge on any atom is -0.352 e. The van der Waals surface area contributed by atoms with Crippen molar-refractivity contribution in [2.45, 2.75) is 19.4 Å². The largest absolute Gasteiger partial charge is 0.352 e. The van der Waals surface area contributed by atoms with Crippen molar-refractivity contribution in [1.82, 2.24) is 10.2 Å². The molecule has 0 fully saturated rings. The Labute approximate surface area is 132 Å². The van der Waals surface area contributed by atoms with Gasteiger partial charge in [-0.05, 0) is 36.1 Å². The predicted octanol–water partition coefficient (Wildman–Crippen LogP) is 2.86. The first-order valence-corrected chi connectivity index (χ1v) is 7.95. The molecule has 0 saturated heterocycles. The summed E-state index contributed by atoms with van der Waals surface area (Å²) in [6.45, 7) is 3.90. The van der Waals surface area contributed by atoms with Crippen molar-refractivity contribution in [2.24, 2.45) is 0 Å². The van der Waals surface area contributed by atoms with Crippen molar-refractivity contribution < 1.29 is 4.79 Å². The molecule has 22 heavy (non-hydrogen) atoms. The number of nitrogens with one attached hydrogen (secondary N) is 1. The van der Waals surface area contributed by atoms with E-state index in [-0.39, 0.29) is 5.91 Å². The van der Waals surface area contributed by atoms with Crippen LogP contribution in [0.3, 0.4) is 0 Å². The summed E-state index contributed by atoms with van der Waals surface area (Å²) < 4.78 is 0. The normalized spacial score (nSPS) is 14.4. The Hall–Kier alpha value is -2.13. The predicted molar refractivity (Wildman–Crippen MR) is 88.8 cm³/mol. The van der Waals surface area contributed by atoms with Gasteiger partial charge in [0.2, 0.25) is 0 Å². The van der Waals surface area contributed by atoms with E-state index in [0.717, 1.165) is 44.6 Å². The van der Waals surface area contributed by atoms with E-state index < -0.39 is 0 Å². The van der Waals surface area contributed by atoms with E-state index in [1.807, 2.05) is 30.3 Å². The van der Waals surface area contributed by atoms with Crippen LogP contribution in [0.5, 0.6) is 0 Å². The third kappa shape index (κ3) is 3.74. The Kier molecular flexibility index (Phi) is 4.86. The van der Waals surface area contributed by atoms with Gasteiger partial charge in [0.15, 0.2) is 0 Å². The van der Waals surface area contributed by atoms with Gasteiger partial charge < -0.3 is 5.32 Å².